The van der Waals surface area contributed by atoms with Gasteiger partial charge in [0.05, 0.1) is 23.5 Å². The quantitative estimate of drug-likeness (QED) is 0.847. The zero-order chi connectivity index (χ0) is 15.5. The van der Waals surface area contributed by atoms with E-state index in [1.54, 1.807) is 11.3 Å². The third kappa shape index (κ3) is 4.24. The molecule has 0 bridgehead atoms. The van der Waals surface area contributed by atoms with Gasteiger partial charge in [0.25, 0.3) is 0 Å². The van der Waals surface area contributed by atoms with Crippen molar-refractivity contribution in [3.05, 3.63) is 16.1 Å². The Balaban J connectivity index is 1.92. The van der Waals surface area contributed by atoms with Gasteiger partial charge in [0.1, 0.15) is 6.04 Å². The molecule has 21 heavy (non-hydrogen) atoms. The summed E-state index contributed by atoms with van der Waals surface area (Å²) in [6.07, 6.45) is 4.45. The molecule has 118 valence electrons. The molecule has 1 aliphatic rings. The van der Waals surface area contributed by atoms with E-state index in [4.69, 9.17) is 0 Å². The standard InChI is InChI=1S/C13H21N3O3S2/c1-3-5-12-15-10(9-20-12)8-14-13(17)11-6-4-7-16(11)21(2,18)19/h9,11H,3-8H2,1-2H3,(H,14,17). The zero-order valence-electron chi connectivity index (χ0n) is 12.3. The summed E-state index contributed by atoms with van der Waals surface area (Å²) < 4.78 is 24.5. The molecule has 0 aromatic carbocycles. The minimum Gasteiger partial charge on any atom is -0.349 e. The first-order valence-electron chi connectivity index (χ1n) is 7.09. The van der Waals surface area contributed by atoms with Crippen molar-refractivity contribution in [1.29, 1.82) is 0 Å². The van der Waals surface area contributed by atoms with E-state index < -0.39 is 16.1 Å². The van der Waals surface area contributed by atoms with Crippen molar-refractivity contribution >= 4 is 27.3 Å². The average molecular weight is 331 g/mol. The second kappa shape index (κ2) is 6.85. The van der Waals surface area contributed by atoms with Crippen molar-refractivity contribution in [2.45, 2.75) is 45.2 Å². The molecule has 0 spiro atoms. The Morgan fingerprint density at radius 2 is 2.33 bits per heavy atom. The number of aryl methyl sites for hydroxylation is 1. The molecular formula is C13H21N3O3S2. The van der Waals surface area contributed by atoms with Gasteiger partial charge < -0.3 is 5.32 Å². The number of carbonyl (C=O) groups excluding carboxylic acids is 1. The molecule has 1 saturated heterocycles. The summed E-state index contributed by atoms with van der Waals surface area (Å²) in [5.74, 6) is -0.233. The molecule has 1 aromatic heterocycles. The molecule has 1 aromatic rings. The van der Waals surface area contributed by atoms with Crippen LogP contribution in [0.1, 0.15) is 36.9 Å². The molecular weight excluding hydrogens is 310 g/mol. The number of hydrogen-bond donors (Lipinski definition) is 1. The first kappa shape index (κ1) is 16.4. The summed E-state index contributed by atoms with van der Waals surface area (Å²) in [5, 5.41) is 5.81. The van der Waals surface area contributed by atoms with Crippen molar-refractivity contribution in [2.24, 2.45) is 0 Å². The molecule has 2 heterocycles. The Morgan fingerprint density at radius 1 is 1.57 bits per heavy atom. The highest BCUT2D eigenvalue weighted by molar-refractivity contribution is 7.88. The number of sulfonamides is 1. The highest BCUT2D eigenvalue weighted by atomic mass is 32.2. The molecule has 1 amide bonds. The first-order valence-corrected chi connectivity index (χ1v) is 9.82. The van der Waals surface area contributed by atoms with Crippen LogP contribution in [0, 0.1) is 0 Å². The molecule has 8 heteroatoms. The molecule has 1 fully saturated rings. The molecule has 1 unspecified atom stereocenters. The van der Waals surface area contributed by atoms with E-state index in [0.717, 1.165) is 36.2 Å². The lowest BCUT2D eigenvalue weighted by Gasteiger charge is -2.21. The van der Waals surface area contributed by atoms with Gasteiger partial charge in [0, 0.05) is 11.9 Å². The number of nitrogens with zero attached hydrogens (tertiary/aromatic N) is 2. The highest BCUT2D eigenvalue weighted by Crippen LogP contribution is 2.20. The van der Waals surface area contributed by atoms with E-state index >= 15 is 0 Å². The lowest BCUT2D eigenvalue weighted by atomic mass is 10.2. The van der Waals surface area contributed by atoms with Crippen LogP contribution in [0.3, 0.4) is 0 Å². The summed E-state index contributed by atoms with van der Waals surface area (Å²) in [7, 11) is -3.32. The van der Waals surface area contributed by atoms with Gasteiger partial charge in [-0.2, -0.15) is 4.31 Å². The second-order valence-electron chi connectivity index (χ2n) is 5.23. The Hall–Kier alpha value is -0.990. The van der Waals surface area contributed by atoms with Crippen LogP contribution in [0.25, 0.3) is 0 Å². The van der Waals surface area contributed by atoms with Crippen molar-refractivity contribution in [1.82, 2.24) is 14.6 Å². The third-order valence-corrected chi connectivity index (χ3v) is 5.69. The van der Waals surface area contributed by atoms with Gasteiger partial charge in [0.15, 0.2) is 0 Å². The van der Waals surface area contributed by atoms with Crippen molar-refractivity contribution in [3.8, 4) is 0 Å². The van der Waals surface area contributed by atoms with E-state index in [1.165, 1.54) is 4.31 Å². The van der Waals surface area contributed by atoms with Gasteiger partial charge >= 0.3 is 0 Å². The lowest BCUT2D eigenvalue weighted by molar-refractivity contribution is -0.124. The van der Waals surface area contributed by atoms with E-state index in [0.29, 0.717) is 19.5 Å². The maximum absolute atomic E-state index is 12.2. The van der Waals surface area contributed by atoms with Crippen LogP contribution in [-0.2, 0) is 27.8 Å². The van der Waals surface area contributed by atoms with Crippen LogP contribution in [0.15, 0.2) is 5.38 Å². The molecule has 6 nitrogen and oxygen atoms in total. The third-order valence-electron chi connectivity index (χ3n) is 3.44. The number of hydrogen-bond acceptors (Lipinski definition) is 5. The highest BCUT2D eigenvalue weighted by Gasteiger charge is 2.36. The van der Waals surface area contributed by atoms with Crippen LogP contribution in [0.2, 0.25) is 0 Å². The fourth-order valence-electron chi connectivity index (χ4n) is 2.45. The van der Waals surface area contributed by atoms with Gasteiger partial charge in [-0.3, -0.25) is 4.79 Å². The van der Waals surface area contributed by atoms with E-state index in [9.17, 15) is 13.2 Å². The summed E-state index contributed by atoms with van der Waals surface area (Å²) in [6.45, 7) is 2.88. The van der Waals surface area contributed by atoms with Gasteiger partial charge in [-0.25, -0.2) is 13.4 Å². The number of rotatable bonds is 6. The Kier molecular flexibility index (Phi) is 5.34. The van der Waals surface area contributed by atoms with Gasteiger partial charge in [-0.1, -0.05) is 6.92 Å². The zero-order valence-corrected chi connectivity index (χ0v) is 14.0. The van der Waals surface area contributed by atoms with Crippen LogP contribution in [0.4, 0.5) is 0 Å². The minimum absolute atomic E-state index is 0.233. The number of nitrogens with one attached hydrogen (secondary N) is 1. The second-order valence-corrected chi connectivity index (χ2v) is 8.11. The van der Waals surface area contributed by atoms with Crippen molar-refractivity contribution in [3.63, 3.8) is 0 Å². The number of amides is 1. The normalized spacial score (nSPS) is 19.8. The maximum atomic E-state index is 12.2. The van der Waals surface area contributed by atoms with E-state index in [1.807, 2.05) is 5.38 Å². The first-order chi connectivity index (χ1) is 9.91. The molecule has 2 rings (SSSR count). The Morgan fingerprint density at radius 3 is 3.00 bits per heavy atom. The van der Waals surface area contributed by atoms with Crippen LogP contribution >= 0.6 is 11.3 Å². The van der Waals surface area contributed by atoms with Gasteiger partial charge in [0.2, 0.25) is 15.9 Å². The van der Waals surface area contributed by atoms with E-state index in [-0.39, 0.29) is 5.91 Å². The summed E-state index contributed by atoms with van der Waals surface area (Å²) in [6, 6.07) is -0.575. The maximum Gasteiger partial charge on any atom is 0.238 e. The molecule has 0 radical (unpaired) electrons. The minimum atomic E-state index is -3.32. The van der Waals surface area contributed by atoms with Crippen LogP contribution in [-0.4, -0.2) is 42.5 Å². The van der Waals surface area contributed by atoms with Crippen molar-refractivity contribution in [2.75, 3.05) is 12.8 Å². The molecule has 1 aliphatic heterocycles. The van der Waals surface area contributed by atoms with Crippen LogP contribution in [0.5, 0.6) is 0 Å². The molecule has 0 aliphatic carbocycles. The average Bonchev–Trinajstić information content (AvgIpc) is 3.04. The lowest BCUT2D eigenvalue weighted by Crippen LogP contribution is -2.45. The predicted octanol–water partition coefficient (Wildman–Crippen LogP) is 1.14. The Labute approximate surface area is 129 Å². The fourth-order valence-corrected chi connectivity index (χ4v) is 4.48. The van der Waals surface area contributed by atoms with Crippen molar-refractivity contribution < 1.29 is 13.2 Å². The Bertz CT molecular complexity index is 598. The number of carbonyl (C=O) groups is 1. The van der Waals surface area contributed by atoms with Gasteiger partial charge in [-0.15, -0.1) is 11.3 Å². The fraction of sp³-hybridized carbons (Fsp3) is 0.692. The summed E-state index contributed by atoms with van der Waals surface area (Å²) in [5.41, 5.74) is 0.834. The molecule has 1 N–H and O–H groups in total. The van der Waals surface area contributed by atoms with E-state index in [2.05, 4.69) is 17.2 Å². The number of aromatic nitrogens is 1. The topological polar surface area (TPSA) is 79.4 Å². The summed E-state index contributed by atoms with van der Waals surface area (Å²) >= 11 is 1.59. The molecule has 1 atom stereocenters. The predicted molar refractivity (Wildman–Crippen MR) is 82.5 cm³/mol. The van der Waals surface area contributed by atoms with Gasteiger partial charge in [-0.05, 0) is 25.7 Å². The largest absolute Gasteiger partial charge is 0.349 e. The SMILES string of the molecule is CCCc1nc(CNC(=O)C2CCCN2S(C)(=O)=O)cs1. The monoisotopic (exact) mass is 331 g/mol. The smallest absolute Gasteiger partial charge is 0.238 e. The summed E-state index contributed by atoms with van der Waals surface area (Å²) in [4.78, 5) is 16.6. The molecule has 0 saturated carbocycles. The number of thiazole rings is 1. The van der Waals surface area contributed by atoms with Crippen LogP contribution < -0.4 is 5.32 Å².